The Morgan fingerprint density at radius 2 is 2.23 bits per heavy atom. The Kier molecular flexibility index (Phi) is 5.06. The number of Topliss-reactive ketones (excluding diaryl/α,β-unsaturated/α-hetero) is 1. The van der Waals surface area contributed by atoms with Gasteiger partial charge in [-0.2, -0.15) is 0 Å². The molecule has 0 N–H and O–H groups in total. The van der Waals surface area contributed by atoms with E-state index in [4.69, 9.17) is 4.74 Å². The minimum Gasteiger partial charge on any atom is -0.378 e. The second kappa shape index (κ2) is 6.14. The molecule has 2 heteroatoms. The summed E-state index contributed by atoms with van der Waals surface area (Å²) in [6, 6.07) is 0. The standard InChI is InChI=1S/C11H20O2/c1-10(12)6-3-2-4-7-11-8-5-9-13-11/h11H,2-9H2,1H3. The van der Waals surface area contributed by atoms with Gasteiger partial charge in [-0.05, 0) is 32.6 Å². The lowest BCUT2D eigenvalue weighted by Crippen LogP contribution is -2.04. The van der Waals surface area contributed by atoms with Crippen LogP contribution in [0.1, 0.15) is 51.9 Å². The van der Waals surface area contributed by atoms with Crippen LogP contribution in [0.2, 0.25) is 0 Å². The average molecular weight is 184 g/mol. The molecule has 0 aromatic rings. The maximum Gasteiger partial charge on any atom is 0.129 e. The van der Waals surface area contributed by atoms with Gasteiger partial charge in [-0.1, -0.05) is 12.8 Å². The van der Waals surface area contributed by atoms with Crippen molar-refractivity contribution in [2.45, 2.75) is 58.0 Å². The highest BCUT2D eigenvalue weighted by Gasteiger charge is 2.14. The average Bonchev–Trinajstić information content (AvgIpc) is 2.55. The molecule has 0 bridgehead atoms. The Hall–Kier alpha value is -0.370. The zero-order chi connectivity index (χ0) is 9.52. The highest BCUT2D eigenvalue weighted by atomic mass is 16.5. The van der Waals surface area contributed by atoms with Crippen molar-refractivity contribution < 1.29 is 9.53 Å². The first-order valence-electron chi connectivity index (χ1n) is 5.40. The van der Waals surface area contributed by atoms with E-state index in [0.717, 1.165) is 19.4 Å². The first kappa shape index (κ1) is 10.7. The molecular formula is C11H20O2. The van der Waals surface area contributed by atoms with Gasteiger partial charge in [-0.3, -0.25) is 0 Å². The number of rotatable bonds is 6. The molecule has 1 rings (SSSR count). The van der Waals surface area contributed by atoms with Crippen LogP contribution in [-0.4, -0.2) is 18.5 Å². The Bertz CT molecular complexity index is 148. The summed E-state index contributed by atoms with van der Waals surface area (Å²) < 4.78 is 5.51. The molecule has 0 aliphatic carbocycles. The lowest BCUT2D eigenvalue weighted by molar-refractivity contribution is -0.117. The minimum atomic E-state index is 0.317. The van der Waals surface area contributed by atoms with Crippen LogP contribution in [0.15, 0.2) is 0 Å². The van der Waals surface area contributed by atoms with E-state index in [1.165, 1.54) is 32.1 Å². The topological polar surface area (TPSA) is 26.3 Å². The zero-order valence-corrected chi connectivity index (χ0v) is 8.55. The number of ketones is 1. The number of hydrogen-bond acceptors (Lipinski definition) is 2. The van der Waals surface area contributed by atoms with Gasteiger partial charge >= 0.3 is 0 Å². The smallest absolute Gasteiger partial charge is 0.129 e. The molecule has 1 unspecified atom stereocenters. The number of ether oxygens (including phenoxy) is 1. The monoisotopic (exact) mass is 184 g/mol. The van der Waals surface area contributed by atoms with E-state index >= 15 is 0 Å². The molecular weight excluding hydrogens is 164 g/mol. The summed E-state index contributed by atoms with van der Waals surface area (Å²) in [4.78, 5) is 10.6. The molecule has 13 heavy (non-hydrogen) atoms. The Balaban J connectivity index is 1.86. The summed E-state index contributed by atoms with van der Waals surface area (Å²) in [5.41, 5.74) is 0. The summed E-state index contributed by atoms with van der Waals surface area (Å²) in [6.07, 6.45) is 8.41. The number of carbonyl (C=O) groups excluding carboxylic acids is 1. The van der Waals surface area contributed by atoms with Gasteiger partial charge in [0.25, 0.3) is 0 Å². The van der Waals surface area contributed by atoms with E-state index in [-0.39, 0.29) is 0 Å². The molecule has 0 spiro atoms. The quantitative estimate of drug-likeness (QED) is 0.593. The van der Waals surface area contributed by atoms with Gasteiger partial charge in [0.05, 0.1) is 6.10 Å². The van der Waals surface area contributed by atoms with Crippen molar-refractivity contribution in [3.63, 3.8) is 0 Å². The summed E-state index contributed by atoms with van der Waals surface area (Å²) in [7, 11) is 0. The molecule has 1 fully saturated rings. The van der Waals surface area contributed by atoms with Crippen LogP contribution >= 0.6 is 0 Å². The molecule has 2 nitrogen and oxygen atoms in total. The molecule has 1 heterocycles. The van der Waals surface area contributed by atoms with Crippen molar-refractivity contribution in [1.82, 2.24) is 0 Å². The van der Waals surface area contributed by atoms with Gasteiger partial charge in [0, 0.05) is 13.0 Å². The Labute approximate surface area is 80.7 Å². The summed E-state index contributed by atoms with van der Waals surface area (Å²) in [6.45, 7) is 2.62. The Morgan fingerprint density at radius 1 is 1.38 bits per heavy atom. The third-order valence-corrected chi connectivity index (χ3v) is 2.58. The van der Waals surface area contributed by atoms with Crippen molar-refractivity contribution >= 4 is 5.78 Å². The van der Waals surface area contributed by atoms with Crippen molar-refractivity contribution in [1.29, 1.82) is 0 Å². The van der Waals surface area contributed by atoms with Crippen LogP contribution < -0.4 is 0 Å². The molecule has 1 aliphatic heterocycles. The summed E-state index contributed by atoms with van der Waals surface area (Å²) in [5.74, 6) is 0.317. The maximum atomic E-state index is 10.6. The van der Waals surface area contributed by atoms with Crippen LogP contribution in [0, 0.1) is 0 Å². The molecule has 0 radical (unpaired) electrons. The normalized spacial score (nSPS) is 22.1. The van der Waals surface area contributed by atoms with Crippen molar-refractivity contribution in [3.05, 3.63) is 0 Å². The predicted molar refractivity (Wildman–Crippen MR) is 52.7 cm³/mol. The van der Waals surface area contributed by atoms with Crippen molar-refractivity contribution in [2.24, 2.45) is 0 Å². The molecule has 1 aliphatic rings. The van der Waals surface area contributed by atoms with E-state index in [1.54, 1.807) is 6.92 Å². The van der Waals surface area contributed by atoms with Crippen LogP contribution in [0.4, 0.5) is 0 Å². The third kappa shape index (κ3) is 5.04. The number of hydrogen-bond donors (Lipinski definition) is 0. The fraction of sp³-hybridized carbons (Fsp3) is 0.909. The van der Waals surface area contributed by atoms with Gasteiger partial charge in [0.1, 0.15) is 5.78 Å². The van der Waals surface area contributed by atoms with E-state index in [1.807, 2.05) is 0 Å². The van der Waals surface area contributed by atoms with Gasteiger partial charge in [-0.15, -0.1) is 0 Å². The largest absolute Gasteiger partial charge is 0.378 e. The van der Waals surface area contributed by atoms with Crippen LogP contribution in [0.25, 0.3) is 0 Å². The lowest BCUT2D eigenvalue weighted by atomic mass is 10.1. The molecule has 0 aromatic heterocycles. The molecule has 76 valence electrons. The fourth-order valence-electron chi connectivity index (χ4n) is 1.79. The van der Waals surface area contributed by atoms with Crippen LogP contribution in [0.3, 0.4) is 0 Å². The van der Waals surface area contributed by atoms with Gasteiger partial charge in [0.15, 0.2) is 0 Å². The lowest BCUT2D eigenvalue weighted by Gasteiger charge is -2.07. The van der Waals surface area contributed by atoms with Crippen molar-refractivity contribution in [3.8, 4) is 0 Å². The highest BCUT2D eigenvalue weighted by molar-refractivity contribution is 5.75. The van der Waals surface area contributed by atoms with E-state index in [0.29, 0.717) is 11.9 Å². The maximum absolute atomic E-state index is 10.6. The first-order valence-corrected chi connectivity index (χ1v) is 5.40. The SMILES string of the molecule is CC(=O)CCCCCC1CCCO1. The fourth-order valence-corrected chi connectivity index (χ4v) is 1.79. The van der Waals surface area contributed by atoms with E-state index < -0.39 is 0 Å². The molecule has 0 aromatic carbocycles. The Morgan fingerprint density at radius 3 is 2.85 bits per heavy atom. The number of unbranched alkanes of at least 4 members (excludes halogenated alkanes) is 2. The first-order chi connectivity index (χ1) is 6.29. The van der Waals surface area contributed by atoms with Gasteiger partial charge in [0.2, 0.25) is 0 Å². The predicted octanol–water partition coefficient (Wildman–Crippen LogP) is 2.70. The van der Waals surface area contributed by atoms with E-state index in [9.17, 15) is 4.79 Å². The minimum absolute atomic E-state index is 0.317. The van der Waals surface area contributed by atoms with Crippen LogP contribution in [0.5, 0.6) is 0 Å². The third-order valence-electron chi connectivity index (χ3n) is 2.58. The molecule has 1 atom stereocenters. The van der Waals surface area contributed by atoms with Gasteiger partial charge < -0.3 is 9.53 Å². The highest BCUT2D eigenvalue weighted by Crippen LogP contribution is 2.18. The van der Waals surface area contributed by atoms with Crippen molar-refractivity contribution in [2.75, 3.05) is 6.61 Å². The van der Waals surface area contributed by atoms with E-state index in [2.05, 4.69) is 0 Å². The number of carbonyl (C=O) groups is 1. The molecule has 0 saturated carbocycles. The molecule has 1 saturated heterocycles. The molecule has 0 amide bonds. The second-order valence-corrected chi connectivity index (χ2v) is 3.94. The summed E-state index contributed by atoms with van der Waals surface area (Å²) >= 11 is 0. The zero-order valence-electron chi connectivity index (χ0n) is 8.55. The second-order valence-electron chi connectivity index (χ2n) is 3.94. The summed E-state index contributed by atoms with van der Waals surface area (Å²) in [5, 5.41) is 0. The van der Waals surface area contributed by atoms with Gasteiger partial charge in [-0.25, -0.2) is 0 Å². The van der Waals surface area contributed by atoms with Crippen LogP contribution in [-0.2, 0) is 9.53 Å².